The van der Waals surface area contributed by atoms with E-state index in [1.165, 1.54) is 32.2 Å². The topological polar surface area (TPSA) is 99.9 Å². The first-order valence-electron chi connectivity index (χ1n) is 9.94. The lowest BCUT2D eigenvalue weighted by molar-refractivity contribution is -0.118. The largest absolute Gasteiger partial charge is 0.496 e. The number of thioether (sulfide) groups is 1. The maximum atomic E-state index is 12.3. The Morgan fingerprint density at radius 1 is 1.09 bits per heavy atom. The van der Waals surface area contributed by atoms with E-state index in [2.05, 4.69) is 20.7 Å². The highest BCUT2D eigenvalue weighted by Crippen LogP contribution is 2.33. The van der Waals surface area contributed by atoms with E-state index >= 15 is 0 Å². The molecular formula is C22H24ClN5O4S. The molecule has 0 fully saturated rings. The average Bonchev–Trinajstić information content (AvgIpc) is 3.25. The molecule has 1 amide bonds. The molecule has 1 heterocycles. The number of carbonyl (C=O) groups is 1. The second-order valence-electron chi connectivity index (χ2n) is 6.59. The fourth-order valence-electron chi connectivity index (χ4n) is 2.98. The van der Waals surface area contributed by atoms with Crippen LogP contribution in [0.25, 0.3) is 11.4 Å². The van der Waals surface area contributed by atoms with Gasteiger partial charge in [-0.25, -0.2) is 5.43 Å². The number of rotatable bonds is 10. The highest BCUT2D eigenvalue weighted by molar-refractivity contribution is 7.99. The maximum absolute atomic E-state index is 12.3. The minimum Gasteiger partial charge on any atom is -0.496 e. The van der Waals surface area contributed by atoms with E-state index in [0.29, 0.717) is 39.5 Å². The second-order valence-corrected chi connectivity index (χ2v) is 7.97. The number of hydrogen-bond acceptors (Lipinski definition) is 8. The summed E-state index contributed by atoms with van der Waals surface area (Å²) >= 11 is 7.25. The van der Waals surface area contributed by atoms with E-state index in [1.807, 2.05) is 23.6 Å². The number of ether oxygens (including phenoxy) is 3. The van der Waals surface area contributed by atoms with Gasteiger partial charge in [-0.3, -0.25) is 4.79 Å². The van der Waals surface area contributed by atoms with Crippen molar-refractivity contribution in [3.8, 4) is 28.6 Å². The first kappa shape index (κ1) is 24.4. The summed E-state index contributed by atoms with van der Waals surface area (Å²) in [5.41, 5.74) is 4.04. The molecular weight excluding hydrogens is 466 g/mol. The lowest BCUT2D eigenvalue weighted by Gasteiger charge is -2.11. The van der Waals surface area contributed by atoms with Crippen molar-refractivity contribution in [2.45, 2.75) is 18.6 Å². The lowest BCUT2D eigenvalue weighted by atomic mass is 10.2. The van der Waals surface area contributed by atoms with Crippen molar-refractivity contribution < 1.29 is 19.0 Å². The Kier molecular flexibility index (Phi) is 8.56. The minimum absolute atomic E-state index is 0.124. The molecule has 0 saturated carbocycles. The van der Waals surface area contributed by atoms with Crippen LogP contribution in [0.15, 0.2) is 46.7 Å². The molecule has 1 aromatic heterocycles. The first-order valence-corrected chi connectivity index (χ1v) is 11.3. The van der Waals surface area contributed by atoms with Gasteiger partial charge in [-0.2, -0.15) is 5.10 Å². The number of carbonyl (C=O) groups excluding carboxylic acids is 1. The monoisotopic (exact) mass is 489 g/mol. The SMILES string of the molecule is CCn1c(SCC(=O)N/N=C/c2cc(OC)c(OC)cc2OC)nnc1-c1ccc(Cl)cc1. The molecule has 0 atom stereocenters. The summed E-state index contributed by atoms with van der Waals surface area (Å²) in [5.74, 6) is 2.15. The molecule has 2 aromatic carbocycles. The van der Waals surface area contributed by atoms with Gasteiger partial charge in [0.25, 0.3) is 5.91 Å². The molecule has 0 aliphatic heterocycles. The zero-order chi connectivity index (χ0) is 23.8. The third-order valence-corrected chi connectivity index (χ3v) is 5.82. The molecule has 11 heteroatoms. The van der Waals surface area contributed by atoms with Crippen molar-refractivity contribution in [1.82, 2.24) is 20.2 Å². The molecule has 3 aromatic rings. The van der Waals surface area contributed by atoms with Gasteiger partial charge in [0.05, 0.1) is 33.3 Å². The summed E-state index contributed by atoms with van der Waals surface area (Å²) < 4.78 is 17.9. The van der Waals surface area contributed by atoms with Gasteiger partial charge in [-0.1, -0.05) is 23.4 Å². The van der Waals surface area contributed by atoms with Crippen molar-refractivity contribution >= 4 is 35.5 Å². The van der Waals surface area contributed by atoms with Crippen LogP contribution in [0.5, 0.6) is 17.2 Å². The van der Waals surface area contributed by atoms with Crippen molar-refractivity contribution in [3.05, 3.63) is 47.0 Å². The van der Waals surface area contributed by atoms with Crippen LogP contribution in [-0.2, 0) is 11.3 Å². The van der Waals surface area contributed by atoms with Crippen LogP contribution in [0, 0.1) is 0 Å². The molecule has 0 aliphatic rings. The number of hydrogen-bond donors (Lipinski definition) is 1. The number of amides is 1. The number of halogens is 1. The summed E-state index contributed by atoms with van der Waals surface area (Å²) in [6.45, 7) is 2.65. The Morgan fingerprint density at radius 2 is 1.76 bits per heavy atom. The molecule has 3 rings (SSSR count). The van der Waals surface area contributed by atoms with Crippen LogP contribution in [0.1, 0.15) is 12.5 Å². The number of methoxy groups -OCH3 is 3. The molecule has 0 spiro atoms. The number of nitrogens with one attached hydrogen (secondary N) is 1. The molecule has 33 heavy (non-hydrogen) atoms. The molecule has 0 unspecified atom stereocenters. The second kappa shape index (κ2) is 11.6. The van der Waals surface area contributed by atoms with Crippen LogP contribution >= 0.6 is 23.4 Å². The molecule has 9 nitrogen and oxygen atoms in total. The summed E-state index contributed by atoms with van der Waals surface area (Å²) in [4.78, 5) is 12.3. The Bertz CT molecular complexity index is 1130. The molecule has 174 valence electrons. The number of hydrazone groups is 1. The van der Waals surface area contributed by atoms with Crippen LogP contribution in [0.2, 0.25) is 5.02 Å². The predicted molar refractivity (Wildman–Crippen MR) is 129 cm³/mol. The third-order valence-electron chi connectivity index (χ3n) is 4.60. The van der Waals surface area contributed by atoms with E-state index in [-0.39, 0.29) is 11.7 Å². The van der Waals surface area contributed by atoms with E-state index < -0.39 is 0 Å². The summed E-state index contributed by atoms with van der Waals surface area (Å²) in [5, 5.41) is 13.8. The van der Waals surface area contributed by atoms with Crippen LogP contribution < -0.4 is 19.6 Å². The first-order chi connectivity index (χ1) is 16.0. The fraction of sp³-hybridized carbons (Fsp3) is 0.273. The lowest BCUT2D eigenvalue weighted by Crippen LogP contribution is -2.20. The quantitative estimate of drug-likeness (QED) is 0.262. The zero-order valence-electron chi connectivity index (χ0n) is 18.7. The van der Waals surface area contributed by atoms with E-state index in [9.17, 15) is 4.79 Å². The molecule has 0 saturated heterocycles. The van der Waals surface area contributed by atoms with Crippen molar-refractivity contribution in [1.29, 1.82) is 0 Å². The van der Waals surface area contributed by atoms with Gasteiger partial charge in [0, 0.05) is 28.8 Å². The predicted octanol–water partition coefficient (Wildman–Crippen LogP) is 3.89. The van der Waals surface area contributed by atoms with Gasteiger partial charge in [0.15, 0.2) is 22.5 Å². The number of aromatic nitrogens is 3. The van der Waals surface area contributed by atoms with Crippen LogP contribution in [0.3, 0.4) is 0 Å². The highest BCUT2D eigenvalue weighted by Gasteiger charge is 2.15. The van der Waals surface area contributed by atoms with Crippen molar-refractivity contribution in [2.24, 2.45) is 5.10 Å². The Balaban J connectivity index is 1.63. The van der Waals surface area contributed by atoms with Crippen LogP contribution in [0.4, 0.5) is 0 Å². The minimum atomic E-state index is -0.283. The molecule has 0 radical (unpaired) electrons. The van der Waals surface area contributed by atoms with Crippen LogP contribution in [-0.4, -0.2) is 54.0 Å². The summed E-state index contributed by atoms with van der Waals surface area (Å²) in [6.07, 6.45) is 1.48. The zero-order valence-corrected chi connectivity index (χ0v) is 20.2. The van der Waals surface area contributed by atoms with Gasteiger partial charge in [0.1, 0.15) is 5.75 Å². The van der Waals surface area contributed by atoms with E-state index in [4.69, 9.17) is 25.8 Å². The van der Waals surface area contributed by atoms with Gasteiger partial charge < -0.3 is 18.8 Å². The Labute approximate surface area is 201 Å². The van der Waals surface area contributed by atoms with Crippen molar-refractivity contribution in [2.75, 3.05) is 27.1 Å². The standard InChI is InChI=1S/C22H24ClN5O4S/c1-5-28-21(14-6-8-16(23)9-7-14)26-27-22(28)33-13-20(29)25-24-12-15-10-18(31-3)19(32-4)11-17(15)30-2/h6-12H,5,13H2,1-4H3,(H,25,29)/b24-12+. The number of benzene rings is 2. The molecule has 0 bridgehead atoms. The number of nitrogens with zero attached hydrogens (tertiary/aromatic N) is 4. The highest BCUT2D eigenvalue weighted by atomic mass is 35.5. The fourth-order valence-corrected chi connectivity index (χ4v) is 3.90. The van der Waals surface area contributed by atoms with Gasteiger partial charge >= 0.3 is 0 Å². The summed E-state index contributed by atoms with van der Waals surface area (Å²) in [6, 6.07) is 10.8. The van der Waals surface area contributed by atoms with Gasteiger partial charge in [-0.15, -0.1) is 10.2 Å². The summed E-state index contributed by atoms with van der Waals surface area (Å²) in [7, 11) is 4.62. The maximum Gasteiger partial charge on any atom is 0.250 e. The average molecular weight is 490 g/mol. The molecule has 1 N–H and O–H groups in total. The third kappa shape index (κ3) is 5.96. The van der Waals surface area contributed by atoms with Gasteiger partial charge in [-0.05, 0) is 37.3 Å². The Hall–Kier alpha value is -3.24. The van der Waals surface area contributed by atoms with E-state index in [1.54, 1.807) is 31.4 Å². The Morgan fingerprint density at radius 3 is 2.39 bits per heavy atom. The normalized spacial score (nSPS) is 10.9. The van der Waals surface area contributed by atoms with E-state index in [0.717, 1.165) is 11.4 Å². The molecule has 0 aliphatic carbocycles. The van der Waals surface area contributed by atoms with Gasteiger partial charge in [0.2, 0.25) is 0 Å². The van der Waals surface area contributed by atoms with Crippen molar-refractivity contribution in [3.63, 3.8) is 0 Å². The smallest absolute Gasteiger partial charge is 0.250 e.